The van der Waals surface area contributed by atoms with E-state index in [2.05, 4.69) is 33.5 Å². The van der Waals surface area contributed by atoms with Crippen molar-refractivity contribution in [2.45, 2.75) is 12.8 Å². The highest BCUT2D eigenvalue weighted by molar-refractivity contribution is 7.18. The monoisotopic (exact) mass is 336 g/mol. The Hall–Kier alpha value is -2.73. The van der Waals surface area contributed by atoms with Gasteiger partial charge in [0.05, 0.1) is 20.7 Å². The highest BCUT2D eigenvalue weighted by Crippen LogP contribution is 2.27. The Labute approximate surface area is 142 Å². The summed E-state index contributed by atoms with van der Waals surface area (Å²) in [6.07, 6.45) is 0. The van der Waals surface area contributed by atoms with Gasteiger partial charge in [0, 0.05) is 17.8 Å². The lowest BCUT2D eigenvalue weighted by Gasteiger charge is -2.09. The lowest BCUT2D eigenvalue weighted by atomic mass is 10.1. The van der Waals surface area contributed by atoms with Gasteiger partial charge in [-0.15, -0.1) is 11.3 Å². The number of benzene rings is 2. The number of para-hydroxylation sites is 2. The summed E-state index contributed by atoms with van der Waals surface area (Å²) in [6, 6.07) is 15.7. The number of hydrogen-bond acceptors (Lipinski definition) is 4. The zero-order chi connectivity index (χ0) is 16.5. The van der Waals surface area contributed by atoms with Crippen LogP contribution in [0.1, 0.15) is 28.3 Å². The van der Waals surface area contributed by atoms with Crippen molar-refractivity contribution in [2.75, 3.05) is 6.54 Å². The number of thiazole rings is 1. The van der Waals surface area contributed by atoms with E-state index in [1.807, 2.05) is 42.5 Å². The van der Waals surface area contributed by atoms with Gasteiger partial charge < -0.3 is 5.32 Å². The highest BCUT2D eigenvalue weighted by atomic mass is 32.1. The number of fused-ring (bicyclic) bond motifs is 2. The predicted molar refractivity (Wildman–Crippen MR) is 96.5 cm³/mol. The molecule has 24 heavy (non-hydrogen) atoms. The van der Waals surface area contributed by atoms with Crippen LogP contribution in [0.15, 0.2) is 48.5 Å². The number of amides is 1. The van der Waals surface area contributed by atoms with Crippen LogP contribution in [0.3, 0.4) is 0 Å². The first-order chi connectivity index (χ1) is 11.7. The number of H-pyrrole nitrogens is 1. The van der Waals surface area contributed by atoms with Crippen LogP contribution in [0.5, 0.6) is 0 Å². The summed E-state index contributed by atoms with van der Waals surface area (Å²) in [6.45, 7) is 2.60. The maximum atomic E-state index is 12.4. The lowest BCUT2D eigenvalue weighted by molar-refractivity contribution is 0.0948. The molecule has 0 saturated carbocycles. The number of aromatic nitrogens is 3. The Bertz CT molecular complexity index is 987. The first kappa shape index (κ1) is 14.8. The number of carbonyl (C=O) groups is 1. The summed E-state index contributed by atoms with van der Waals surface area (Å²) in [7, 11) is 0. The molecule has 2 heterocycles. The number of nitrogens with zero attached hydrogens (tertiary/aromatic N) is 2. The third-order valence-electron chi connectivity index (χ3n) is 3.99. The molecular weight excluding hydrogens is 320 g/mol. The van der Waals surface area contributed by atoms with Crippen molar-refractivity contribution in [3.63, 3.8) is 0 Å². The average molecular weight is 336 g/mol. The van der Waals surface area contributed by atoms with Crippen LogP contribution in [0.2, 0.25) is 0 Å². The SMILES string of the molecule is C[C@H](CNC(=O)c1n[nH]c2ccccc12)c1nc2ccccc2s1. The van der Waals surface area contributed by atoms with Crippen molar-refractivity contribution < 1.29 is 4.79 Å². The molecule has 4 aromatic rings. The van der Waals surface area contributed by atoms with Crippen molar-refractivity contribution in [3.05, 3.63) is 59.2 Å². The van der Waals surface area contributed by atoms with Gasteiger partial charge in [-0.2, -0.15) is 5.10 Å². The molecule has 0 saturated heterocycles. The molecule has 120 valence electrons. The number of nitrogens with one attached hydrogen (secondary N) is 2. The third-order valence-corrected chi connectivity index (χ3v) is 5.25. The van der Waals surface area contributed by atoms with E-state index in [1.54, 1.807) is 11.3 Å². The van der Waals surface area contributed by atoms with Gasteiger partial charge in [-0.1, -0.05) is 37.3 Å². The number of rotatable bonds is 4. The zero-order valence-corrected chi connectivity index (χ0v) is 13.9. The molecule has 4 rings (SSSR count). The molecule has 0 spiro atoms. The molecule has 0 unspecified atom stereocenters. The molecule has 2 aromatic heterocycles. The predicted octanol–water partition coefficient (Wildman–Crippen LogP) is 3.71. The van der Waals surface area contributed by atoms with E-state index in [9.17, 15) is 4.79 Å². The topological polar surface area (TPSA) is 70.7 Å². The van der Waals surface area contributed by atoms with Crippen molar-refractivity contribution >= 4 is 38.4 Å². The average Bonchev–Trinajstić information content (AvgIpc) is 3.23. The van der Waals surface area contributed by atoms with E-state index >= 15 is 0 Å². The quantitative estimate of drug-likeness (QED) is 0.597. The van der Waals surface area contributed by atoms with Crippen LogP contribution >= 0.6 is 11.3 Å². The van der Waals surface area contributed by atoms with E-state index < -0.39 is 0 Å². The Morgan fingerprint density at radius 3 is 2.88 bits per heavy atom. The molecule has 6 heteroatoms. The molecular formula is C18H16N4OS. The van der Waals surface area contributed by atoms with Crippen molar-refractivity contribution in [3.8, 4) is 0 Å². The first-order valence-electron chi connectivity index (χ1n) is 7.79. The van der Waals surface area contributed by atoms with Crippen molar-refractivity contribution in [1.82, 2.24) is 20.5 Å². The second kappa shape index (κ2) is 6.05. The van der Waals surface area contributed by atoms with Gasteiger partial charge in [0.25, 0.3) is 5.91 Å². The summed E-state index contributed by atoms with van der Waals surface area (Å²) in [5.74, 6) is -0.0167. The van der Waals surface area contributed by atoms with Gasteiger partial charge in [-0.05, 0) is 18.2 Å². The van der Waals surface area contributed by atoms with Crippen LogP contribution in [0, 0.1) is 0 Å². The lowest BCUT2D eigenvalue weighted by Crippen LogP contribution is -2.27. The van der Waals surface area contributed by atoms with Crippen molar-refractivity contribution in [2.24, 2.45) is 0 Å². The number of carbonyl (C=O) groups excluding carboxylic acids is 1. The normalized spacial score (nSPS) is 12.5. The standard InChI is InChI=1S/C18H16N4OS/c1-11(18-20-14-8-4-5-9-15(14)24-18)10-19-17(23)16-12-6-2-3-7-13(12)21-22-16/h2-9,11H,10H2,1H3,(H,19,23)(H,21,22)/t11-/m1/s1. The maximum Gasteiger partial charge on any atom is 0.272 e. The van der Waals surface area contributed by atoms with E-state index in [1.165, 1.54) is 4.70 Å². The molecule has 0 aliphatic rings. The molecule has 1 atom stereocenters. The molecule has 0 aliphatic heterocycles. The van der Waals surface area contributed by atoms with Gasteiger partial charge in [-0.25, -0.2) is 4.98 Å². The number of hydrogen-bond donors (Lipinski definition) is 2. The minimum atomic E-state index is -0.166. The molecule has 0 bridgehead atoms. The summed E-state index contributed by atoms with van der Waals surface area (Å²) in [5.41, 5.74) is 2.30. The molecule has 0 radical (unpaired) electrons. The summed E-state index contributed by atoms with van der Waals surface area (Å²) in [4.78, 5) is 17.1. The molecule has 5 nitrogen and oxygen atoms in total. The van der Waals surface area contributed by atoms with Crippen molar-refractivity contribution in [1.29, 1.82) is 0 Å². The summed E-state index contributed by atoms with van der Waals surface area (Å²) < 4.78 is 1.17. The Kier molecular flexibility index (Phi) is 3.74. The van der Waals surface area contributed by atoms with Gasteiger partial charge in [-0.3, -0.25) is 9.89 Å². The second-order valence-electron chi connectivity index (χ2n) is 5.75. The Morgan fingerprint density at radius 2 is 2.00 bits per heavy atom. The van der Waals surface area contributed by atoms with E-state index in [-0.39, 0.29) is 11.8 Å². The number of aromatic amines is 1. The molecule has 0 aliphatic carbocycles. The third kappa shape index (κ3) is 2.65. The maximum absolute atomic E-state index is 12.4. The van der Waals surface area contributed by atoms with E-state index in [0.29, 0.717) is 12.2 Å². The minimum Gasteiger partial charge on any atom is -0.350 e. The molecule has 2 aromatic carbocycles. The Balaban J connectivity index is 1.48. The molecule has 0 fully saturated rings. The van der Waals surface area contributed by atoms with Gasteiger partial charge in [0.2, 0.25) is 0 Å². The largest absolute Gasteiger partial charge is 0.350 e. The fraction of sp³-hybridized carbons (Fsp3) is 0.167. The van der Waals surface area contributed by atoms with Gasteiger partial charge >= 0.3 is 0 Å². The first-order valence-corrected chi connectivity index (χ1v) is 8.61. The smallest absolute Gasteiger partial charge is 0.272 e. The van der Waals surface area contributed by atoms with Crippen LogP contribution in [0.25, 0.3) is 21.1 Å². The van der Waals surface area contributed by atoms with E-state index in [4.69, 9.17) is 0 Å². The van der Waals surface area contributed by atoms with Crippen LogP contribution in [0.4, 0.5) is 0 Å². The highest BCUT2D eigenvalue weighted by Gasteiger charge is 2.16. The summed E-state index contributed by atoms with van der Waals surface area (Å²) >= 11 is 1.67. The van der Waals surface area contributed by atoms with Crippen LogP contribution in [-0.4, -0.2) is 27.6 Å². The zero-order valence-electron chi connectivity index (χ0n) is 13.1. The molecule has 1 amide bonds. The van der Waals surface area contributed by atoms with Crippen LogP contribution in [-0.2, 0) is 0 Å². The molecule has 2 N–H and O–H groups in total. The van der Waals surface area contributed by atoms with Gasteiger partial charge in [0.15, 0.2) is 5.69 Å². The fourth-order valence-corrected chi connectivity index (χ4v) is 3.67. The summed E-state index contributed by atoms with van der Waals surface area (Å²) in [5, 5.41) is 11.8. The minimum absolute atomic E-state index is 0.150. The fourth-order valence-electron chi connectivity index (χ4n) is 2.65. The second-order valence-corrected chi connectivity index (χ2v) is 6.81. The van der Waals surface area contributed by atoms with Gasteiger partial charge in [0.1, 0.15) is 0 Å². The Morgan fingerprint density at radius 1 is 1.21 bits per heavy atom. The van der Waals surface area contributed by atoms with E-state index in [0.717, 1.165) is 21.4 Å². The van der Waals surface area contributed by atoms with Crippen LogP contribution < -0.4 is 5.32 Å².